The summed E-state index contributed by atoms with van der Waals surface area (Å²) in [5.74, 6) is -0.649. The fourth-order valence-corrected chi connectivity index (χ4v) is 2.68. The Morgan fingerprint density at radius 2 is 2.09 bits per heavy atom. The summed E-state index contributed by atoms with van der Waals surface area (Å²) in [4.78, 5) is 10.7. The number of carbonyl (C=O) groups is 1. The first-order chi connectivity index (χ1) is 5.20. The number of carboxylic acids is 1. The van der Waals surface area contributed by atoms with Crippen LogP contribution in [0.15, 0.2) is 0 Å². The van der Waals surface area contributed by atoms with Crippen LogP contribution in [-0.4, -0.2) is 22.3 Å². The quantitative estimate of drug-likeness (QED) is 0.580. The monoisotopic (exact) mass is 156 g/mol. The number of rotatable bonds is 1. The van der Waals surface area contributed by atoms with E-state index >= 15 is 0 Å². The minimum atomic E-state index is -0.714. The predicted molar refractivity (Wildman–Crippen MR) is 38.0 cm³/mol. The molecule has 0 aromatic carbocycles. The number of hydrogen-bond donors (Lipinski definition) is 2. The first kappa shape index (κ1) is 7.10. The molecule has 0 spiro atoms. The maximum atomic E-state index is 10.7. The zero-order chi connectivity index (χ0) is 8.01. The number of aliphatic hydroxyl groups excluding tert-OH is 1. The summed E-state index contributed by atoms with van der Waals surface area (Å²) in [6, 6.07) is 0. The van der Waals surface area contributed by atoms with Gasteiger partial charge in [-0.1, -0.05) is 0 Å². The van der Waals surface area contributed by atoms with Crippen LogP contribution >= 0.6 is 0 Å². The van der Waals surface area contributed by atoms with Crippen LogP contribution in [0, 0.1) is 17.8 Å². The normalized spacial score (nSPS) is 48.1. The van der Waals surface area contributed by atoms with Crippen LogP contribution in [0.5, 0.6) is 0 Å². The summed E-state index contributed by atoms with van der Waals surface area (Å²) in [5, 5.41) is 18.2. The van der Waals surface area contributed by atoms with E-state index in [0.717, 1.165) is 12.8 Å². The third-order valence-electron chi connectivity index (χ3n) is 3.16. The Kier molecular flexibility index (Phi) is 1.42. The molecule has 0 aliphatic heterocycles. The van der Waals surface area contributed by atoms with Gasteiger partial charge in [0.05, 0.1) is 12.0 Å². The highest BCUT2D eigenvalue weighted by atomic mass is 16.4. The minimum absolute atomic E-state index is 0.0532. The Bertz CT molecular complexity index is 190. The highest BCUT2D eigenvalue weighted by Crippen LogP contribution is 2.49. The number of fused-ring (bicyclic) bond motifs is 2. The SMILES string of the molecule is O=C(O)[C@H]1[C@@H]2CC[C@@H]1[C@@H](O)C2. The van der Waals surface area contributed by atoms with Crippen molar-refractivity contribution in [2.45, 2.75) is 25.4 Å². The van der Waals surface area contributed by atoms with Crippen LogP contribution in [-0.2, 0) is 4.79 Å². The molecule has 2 aliphatic carbocycles. The standard InChI is InChI=1S/C8H12O3/c9-6-3-4-1-2-5(6)7(4)8(10)11/h4-7,9H,1-3H2,(H,10,11)/t4-,5-,6+,7+/m1/s1. The lowest BCUT2D eigenvalue weighted by atomic mass is 9.97. The van der Waals surface area contributed by atoms with E-state index < -0.39 is 5.97 Å². The van der Waals surface area contributed by atoms with Gasteiger partial charge in [-0.2, -0.15) is 0 Å². The predicted octanol–water partition coefficient (Wildman–Crippen LogP) is 0.478. The average molecular weight is 156 g/mol. The number of hydrogen-bond acceptors (Lipinski definition) is 2. The van der Waals surface area contributed by atoms with E-state index in [0.29, 0.717) is 6.42 Å². The summed E-state index contributed by atoms with van der Waals surface area (Å²) in [6.45, 7) is 0. The van der Waals surface area contributed by atoms with Crippen molar-refractivity contribution in [3.05, 3.63) is 0 Å². The van der Waals surface area contributed by atoms with E-state index in [1.54, 1.807) is 0 Å². The molecule has 2 N–H and O–H groups in total. The largest absolute Gasteiger partial charge is 0.481 e. The van der Waals surface area contributed by atoms with Crippen molar-refractivity contribution in [1.82, 2.24) is 0 Å². The van der Waals surface area contributed by atoms with Gasteiger partial charge in [0.1, 0.15) is 0 Å². The van der Waals surface area contributed by atoms with E-state index in [2.05, 4.69) is 0 Å². The molecule has 2 fully saturated rings. The molecule has 11 heavy (non-hydrogen) atoms. The molecule has 0 aromatic heterocycles. The lowest BCUT2D eigenvalue weighted by molar-refractivity contribution is -0.143. The molecule has 0 aromatic rings. The summed E-state index contributed by atoms with van der Waals surface area (Å²) in [7, 11) is 0. The smallest absolute Gasteiger partial charge is 0.307 e. The van der Waals surface area contributed by atoms with Crippen molar-refractivity contribution in [3.8, 4) is 0 Å². The van der Waals surface area contributed by atoms with E-state index in [4.69, 9.17) is 5.11 Å². The molecule has 0 radical (unpaired) electrons. The minimum Gasteiger partial charge on any atom is -0.481 e. The molecule has 2 rings (SSSR count). The molecule has 3 nitrogen and oxygen atoms in total. The van der Waals surface area contributed by atoms with Crippen molar-refractivity contribution in [2.24, 2.45) is 17.8 Å². The van der Waals surface area contributed by atoms with Crippen molar-refractivity contribution >= 4 is 5.97 Å². The molecule has 4 atom stereocenters. The van der Waals surface area contributed by atoms with Crippen molar-refractivity contribution in [2.75, 3.05) is 0 Å². The first-order valence-corrected chi connectivity index (χ1v) is 4.11. The van der Waals surface area contributed by atoms with Crippen molar-refractivity contribution in [3.63, 3.8) is 0 Å². The van der Waals surface area contributed by atoms with Gasteiger partial charge in [0.2, 0.25) is 0 Å². The van der Waals surface area contributed by atoms with Gasteiger partial charge in [-0.3, -0.25) is 4.79 Å². The van der Waals surface area contributed by atoms with Crippen LogP contribution < -0.4 is 0 Å². The second-order valence-corrected chi connectivity index (χ2v) is 3.67. The van der Waals surface area contributed by atoms with Gasteiger partial charge in [-0.05, 0) is 31.1 Å². The topological polar surface area (TPSA) is 57.5 Å². The Balaban J connectivity index is 2.19. The van der Waals surface area contributed by atoms with Crippen LogP contribution in [0.3, 0.4) is 0 Å². The maximum Gasteiger partial charge on any atom is 0.307 e. The van der Waals surface area contributed by atoms with Gasteiger partial charge in [-0.15, -0.1) is 0 Å². The average Bonchev–Trinajstić information content (AvgIpc) is 2.41. The van der Waals surface area contributed by atoms with Gasteiger partial charge in [0, 0.05) is 0 Å². The fraction of sp³-hybridized carbons (Fsp3) is 0.875. The number of aliphatic hydroxyl groups is 1. The van der Waals surface area contributed by atoms with E-state index in [9.17, 15) is 9.90 Å². The first-order valence-electron chi connectivity index (χ1n) is 4.11. The molecule has 0 saturated heterocycles. The molecule has 3 heteroatoms. The molecular weight excluding hydrogens is 144 g/mol. The third kappa shape index (κ3) is 0.872. The Morgan fingerprint density at radius 3 is 2.36 bits per heavy atom. The van der Waals surface area contributed by atoms with Gasteiger partial charge in [-0.25, -0.2) is 0 Å². The summed E-state index contributed by atoms with van der Waals surface area (Å²) < 4.78 is 0. The third-order valence-corrected chi connectivity index (χ3v) is 3.16. The number of carboxylic acid groups (broad SMARTS) is 1. The Labute approximate surface area is 65.0 Å². The Hall–Kier alpha value is -0.570. The zero-order valence-corrected chi connectivity index (χ0v) is 6.23. The molecule has 2 aliphatic rings. The second kappa shape index (κ2) is 2.21. The van der Waals surface area contributed by atoms with E-state index in [1.165, 1.54) is 0 Å². The molecule has 2 saturated carbocycles. The van der Waals surface area contributed by atoms with Gasteiger partial charge in [0.25, 0.3) is 0 Å². The maximum absolute atomic E-state index is 10.7. The van der Waals surface area contributed by atoms with Crippen molar-refractivity contribution in [1.29, 1.82) is 0 Å². The summed E-state index contributed by atoms with van der Waals surface area (Å²) in [5.41, 5.74) is 0. The molecule has 0 amide bonds. The lowest BCUT2D eigenvalue weighted by Gasteiger charge is -2.14. The molecular formula is C8H12O3. The molecule has 0 heterocycles. The molecule has 62 valence electrons. The zero-order valence-electron chi connectivity index (χ0n) is 6.23. The van der Waals surface area contributed by atoms with Crippen LogP contribution in [0.25, 0.3) is 0 Å². The molecule has 2 bridgehead atoms. The van der Waals surface area contributed by atoms with E-state index in [-0.39, 0.29) is 23.9 Å². The van der Waals surface area contributed by atoms with E-state index in [1.807, 2.05) is 0 Å². The van der Waals surface area contributed by atoms with Crippen LogP contribution in [0.2, 0.25) is 0 Å². The lowest BCUT2D eigenvalue weighted by Crippen LogP contribution is -2.22. The number of aliphatic carboxylic acids is 1. The Morgan fingerprint density at radius 1 is 1.36 bits per heavy atom. The van der Waals surface area contributed by atoms with Gasteiger partial charge in [0.15, 0.2) is 0 Å². The van der Waals surface area contributed by atoms with Crippen LogP contribution in [0.1, 0.15) is 19.3 Å². The van der Waals surface area contributed by atoms with Gasteiger partial charge >= 0.3 is 5.97 Å². The summed E-state index contributed by atoms with van der Waals surface area (Å²) in [6.07, 6.45) is 2.28. The highest BCUT2D eigenvalue weighted by Gasteiger charge is 2.50. The van der Waals surface area contributed by atoms with Gasteiger partial charge < -0.3 is 10.2 Å². The fourth-order valence-electron chi connectivity index (χ4n) is 2.68. The van der Waals surface area contributed by atoms with Crippen molar-refractivity contribution < 1.29 is 15.0 Å². The van der Waals surface area contributed by atoms with Crippen LogP contribution in [0.4, 0.5) is 0 Å². The highest BCUT2D eigenvalue weighted by molar-refractivity contribution is 5.71. The summed E-state index contributed by atoms with van der Waals surface area (Å²) >= 11 is 0. The second-order valence-electron chi connectivity index (χ2n) is 3.67. The molecule has 0 unspecified atom stereocenters.